The largest absolute Gasteiger partial charge is 0.507 e. The first kappa shape index (κ1) is 19.7. The van der Waals surface area contributed by atoms with Crippen LogP contribution in [0.25, 0.3) is 5.76 Å². The number of hydrogen-bond acceptors (Lipinski definition) is 7. The van der Waals surface area contributed by atoms with Crippen LogP contribution in [0.2, 0.25) is 5.02 Å². The minimum Gasteiger partial charge on any atom is -0.507 e. The molecule has 1 N–H and O–H groups in total. The molecule has 1 unspecified atom stereocenters. The van der Waals surface area contributed by atoms with Crippen molar-refractivity contribution in [1.82, 2.24) is 4.98 Å². The molecule has 150 valence electrons. The first-order valence-electron chi connectivity index (χ1n) is 8.59. The van der Waals surface area contributed by atoms with E-state index in [1.54, 1.807) is 29.6 Å². The normalized spacial score (nSPS) is 18.0. The fourth-order valence-corrected chi connectivity index (χ4v) is 4.01. The highest BCUT2D eigenvalue weighted by Gasteiger charge is 2.47. The summed E-state index contributed by atoms with van der Waals surface area (Å²) in [4.78, 5) is 41.4. The number of rotatable bonds is 4. The molecule has 1 atom stereocenters. The van der Waals surface area contributed by atoms with Gasteiger partial charge in [-0.05, 0) is 29.8 Å². The summed E-state index contributed by atoms with van der Waals surface area (Å²) in [6, 6.07) is 10.7. The zero-order valence-corrected chi connectivity index (χ0v) is 16.6. The molecule has 1 aromatic heterocycles. The Bertz CT molecular complexity index is 1170. The number of carbonyl (C=O) groups is 2. The maximum atomic E-state index is 12.9. The molecule has 1 fully saturated rings. The highest BCUT2D eigenvalue weighted by Crippen LogP contribution is 2.42. The van der Waals surface area contributed by atoms with Crippen molar-refractivity contribution in [3.8, 4) is 0 Å². The van der Waals surface area contributed by atoms with Crippen molar-refractivity contribution in [2.45, 2.75) is 6.04 Å². The third kappa shape index (κ3) is 3.34. The molecule has 8 nitrogen and oxygen atoms in total. The number of aromatic nitrogens is 1. The summed E-state index contributed by atoms with van der Waals surface area (Å²) in [6.07, 6.45) is 1.51. The Morgan fingerprint density at radius 3 is 2.37 bits per heavy atom. The molecule has 10 heteroatoms. The van der Waals surface area contributed by atoms with Crippen LogP contribution in [0.15, 0.2) is 65.7 Å². The van der Waals surface area contributed by atoms with Crippen molar-refractivity contribution in [2.75, 3.05) is 4.90 Å². The summed E-state index contributed by atoms with van der Waals surface area (Å²) in [5.74, 6) is -2.13. The van der Waals surface area contributed by atoms with Gasteiger partial charge in [0.15, 0.2) is 5.13 Å². The van der Waals surface area contributed by atoms with Gasteiger partial charge in [0.05, 0.1) is 16.5 Å². The second kappa shape index (κ2) is 7.69. The lowest BCUT2D eigenvalue weighted by Crippen LogP contribution is -2.29. The molecule has 2 aromatic carbocycles. The number of aliphatic hydroxyl groups excluding tert-OH is 1. The van der Waals surface area contributed by atoms with Gasteiger partial charge in [-0.2, -0.15) is 0 Å². The lowest BCUT2D eigenvalue weighted by atomic mass is 9.95. The summed E-state index contributed by atoms with van der Waals surface area (Å²) >= 11 is 7.15. The van der Waals surface area contributed by atoms with E-state index in [-0.39, 0.29) is 16.8 Å². The van der Waals surface area contributed by atoms with Gasteiger partial charge in [-0.3, -0.25) is 24.6 Å². The average molecular weight is 442 g/mol. The Hall–Kier alpha value is -3.56. The fraction of sp³-hybridized carbons (Fsp3) is 0.0500. The smallest absolute Gasteiger partial charge is 0.301 e. The van der Waals surface area contributed by atoms with E-state index in [9.17, 15) is 24.8 Å². The van der Waals surface area contributed by atoms with Crippen LogP contribution in [0.3, 0.4) is 0 Å². The number of ketones is 1. The third-order valence-electron chi connectivity index (χ3n) is 4.61. The number of nitro groups is 1. The SMILES string of the molecule is O=C1C(=O)N(c2nccs2)C(c2ccc(Cl)cc2)/C1=C(\O)c1ccc([N+](=O)[O-])cc1. The molecule has 1 amide bonds. The quantitative estimate of drug-likeness (QED) is 0.212. The van der Waals surface area contributed by atoms with Crippen LogP contribution in [-0.4, -0.2) is 26.7 Å². The van der Waals surface area contributed by atoms with E-state index >= 15 is 0 Å². The van der Waals surface area contributed by atoms with E-state index in [0.717, 1.165) is 0 Å². The topological polar surface area (TPSA) is 114 Å². The van der Waals surface area contributed by atoms with Gasteiger partial charge >= 0.3 is 5.91 Å². The van der Waals surface area contributed by atoms with Gasteiger partial charge in [0.25, 0.3) is 11.5 Å². The van der Waals surface area contributed by atoms with Crippen molar-refractivity contribution in [3.05, 3.63) is 91.9 Å². The van der Waals surface area contributed by atoms with Gasteiger partial charge in [0.1, 0.15) is 5.76 Å². The zero-order valence-electron chi connectivity index (χ0n) is 15.1. The van der Waals surface area contributed by atoms with Crippen LogP contribution >= 0.6 is 22.9 Å². The van der Waals surface area contributed by atoms with Crippen molar-refractivity contribution >= 4 is 51.2 Å². The minimum absolute atomic E-state index is 0.133. The monoisotopic (exact) mass is 441 g/mol. The van der Waals surface area contributed by atoms with Crippen molar-refractivity contribution in [3.63, 3.8) is 0 Å². The summed E-state index contributed by atoms with van der Waals surface area (Å²) in [5, 5.41) is 24.2. The number of carbonyl (C=O) groups excluding carboxylic acids is 2. The zero-order chi connectivity index (χ0) is 21.4. The first-order chi connectivity index (χ1) is 14.4. The predicted molar refractivity (Wildman–Crippen MR) is 111 cm³/mol. The Morgan fingerprint density at radius 2 is 1.80 bits per heavy atom. The highest BCUT2D eigenvalue weighted by atomic mass is 35.5. The number of non-ortho nitro benzene ring substituents is 1. The summed E-state index contributed by atoms with van der Waals surface area (Å²) in [7, 11) is 0. The predicted octanol–water partition coefficient (Wildman–Crippen LogP) is 4.33. The van der Waals surface area contributed by atoms with E-state index in [1.165, 1.54) is 46.7 Å². The summed E-state index contributed by atoms with van der Waals surface area (Å²) < 4.78 is 0. The molecule has 3 aromatic rings. The van der Waals surface area contributed by atoms with Crippen molar-refractivity contribution < 1.29 is 19.6 Å². The second-order valence-electron chi connectivity index (χ2n) is 6.34. The molecule has 0 radical (unpaired) electrons. The number of nitrogens with zero attached hydrogens (tertiary/aromatic N) is 3. The number of nitro benzene ring substituents is 1. The molecule has 0 bridgehead atoms. The Labute approximate surface area is 178 Å². The number of benzene rings is 2. The maximum absolute atomic E-state index is 12.9. The second-order valence-corrected chi connectivity index (χ2v) is 7.65. The van der Waals surface area contributed by atoms with Gasteiger partial charge in [-0.15, -0.1) is 11.3 Å². The van der Waals surface area contributed by atoms with E-state index < -0.39 is 28.4 Å². The molecule has 0 aliphatic carbocycles. The van der Waals surface area contributed by atoms with E-state index in [1.807, 2.05) is 0 Å². The van der Waals surface area contributed by atoms with E-state index in [2.05, 4.69) is 4.98 Å². The third-order valence-corrected chi connectivity index (χ3v) is 5.63. The minimum atomic E-state index is -0.927. The maximum Gasteiger partial charge on any atom is 0.301 e. The van der Waals surface area contributed by atoms with Crippen molar-refractivity contribution in [1.29, 1.82) is 0 Å². The number of amides is 1. The Morgan fingerprint density at radius 1 is 1.13 bits per heavy atom. The van der Waals surface area contributed by atoms with Gasteiger partial charge in [-0.25, -0.2) is 4.98 Å². The Kier molecular flexibility index (Phi) is 5.06. The van der Waals surface area contributed by atoms with Crippen LogP contribution in [-0.2, 0) is 9.59 Å². The van der Waals surface area contributed by atoms with Gasteiger partial charge < -0.3 is 5.11 Å². The van der Waals surface area contributed by atoms with Crippen LogP contribution < -0.4 is 4.90 Å². The first-order valence-corrected chi connectivity index (χ1v) is 9.85. The van der Waals surface area contributed by atoms with E-state index in [4.69, 9.17) is 11.6 Å². The summed E-state index contributed by atoms with van der Waals surface area (Å²) in [6.45, 7) is 0. The standard InChI is InChI=1S/C20H12ClN3O5S/c21-13-5-1-11(2-6-13)16-15(17(25)12-3-7-14(8-4-12)24(28)29)18(26)19(27)23(16)20-22-9-10-30-20/h1-10,16,25H/b17-15+. The molecule has 1 aliphatic rings. The molecule has 2 heterocycles. The number of anilines is 1. The number of hydrogen-bond donors (Lipinski definition) is 1. The van der Waals surface area contributed by atoms with Crippen LogP contribution in [0.1, 0.15) is 17.2 Å². The molecule has 1 aliphatic heterocycles. The molecular weight excluding hydrogens is 430 g/mol. The lowest BCUT2D eigenvalue weighted by Gasteiger charge is -2.23. The summed E-state index contributed by atoms with van der Waals surface area (Å²) in [5.41, 5.74) is 0.435. The fourth-order valence-electron chi connectivity index (χ4n) is 3.22. The number of Topliss-reactive ketones (excluding diaryl/α,β-unsaturated/α-hetero) is 1. The number of aliphatic hydroxyl groups is 1. The molecule has 4 rings (SSSR count). The molecule has 0 saturated carbocycles. The van der Waals surface area contributed by atoms with Gasteiger partial charge in [-0.1, -0.05) is 23.7 Å². The molecule has 0 spiro atoms. The molecule has 30 heavy (non-hydrogen) atoms. The molecule has 1 saturated heterocycles. The highest BCUT2D eigenvalue weighted by molar-refractivity contribution is 7.14. The number of thiazole rings is 1. The average Bonchev–Trinajstić information content (AvgIpc) is 3.35. The van der Waals surface area contributed by atoms with Crippen LogP contribution in [0, 0.1) is 10.1 Å². The Balaban J connectivity index is 1.90. The number of halogens is 1. The van der Waals surface area contributed by atoms with E-state index in [0.29, 0.717) is 15.7 Å². The lowest BCUT2D eigenvalue weighted by molar-refractivity contribution is -0.384. The van der Waals surface area contributed by atoms with Crippen LogP contribution in [0.5, 0.6) is 0 Å². The van der Waals surface area contributed by atoms with Crippen molar-refractivity contribution in [2.24, 2.45) is 0 Å². The van der Waals surface area contributed by atoms with Gasteiger partial charge in [0, 0.05) is 34.3 Å². The van der Waals surface area contributed by atoms with Gasteiger partial charge in [0.2, 0.25) is 0 Å². The molecular formula is C20H12ClN3O5S. The van der Waals surface area contributed by atoms with Crippen LogP contribution in [0.4, 0.5) is 10.8 Å².